The van der Waals surface area contributed by atoms with Crippen LogP contribution in [0.3, 0.4) is 0 Å². The molecule has 118 valence electrons. The molecule has 4 rings (SSSR count). The quantitative estimate of drug-likeness (QED) is 0.864. The second-order valence-electron chi connectivity index (χ2n) is 6.22. The average Bonchev–Trinajstić information content (AvgIpc) is 3.18. The molecule has 1 amide bonds. The first kappa shape index (κ1) is 14.2. The second-order valence-corrected chi connectivity index (χ2v) is 6.22. The fourth-order valence-electron chi connectivity index (χ4n) is 4.27. The third kappa shape index (κ3) is 1.71. The van der Waals surface area contributed by atoms with Crippen molar-refractivity contribution in [1.29, 1.82) is 0 Å². The van der Waals surface area contributed by atoms with Crippen LogP contribution in [0.4, 0.5) is 5.69 Å². The van der Waals surface area contributed by atoms with Crippen molar-refractivity contribution in [2.75, 3.05) is 4.90 Å². The van der Waals surface area contributed by atoms with E-state index in [1.807, 2.05) is 36.4 Å². The molecule has 0 radical (unpaired) electrons. The van der Waals surface area contributed by atoms with Gasteiger partial charge in [-0.2, -0.15) is 0 Å². The lowest BCUT2D eigenvalue weighted by Crippen LogP contribution is -2.45. The first-order valence-corrected chi connectivity index (χ1v) is 7.69. The molecule has 5 nitrogen and oxygen atoms in total. The van der Waals surface area contributed by atoms with E-state index >= 15 is 0 Å². The lowest BCUT2D eigenvalue weighted by atomic mass is 9.74. The monoisotopic (exact) mass is 311 g/mol. The van der Waals surface area contributed by atoms with Gasteiger partial charge in [-0.1, -0.05) is 36.4 Å². The fraction of sp³-hybridized carbons (Fsp3) is 0.333. The lowest BCUT2D eigenvalue weighted by Gasteiger charge is -2.32. The zero-order valence-corrected chi connectivity index (χ0v) is 12.5. The summed E-state index contributed by atoms with van der Waals surface area (Å²) in [4.78, 5) is 26.5. The number of ether oxygens (including phenoxy) is 1. The van der Waals surface area contributed by atoms with Crippen LogP contribution >= 0.6 is 0 Å². The third-order valence-electron chi connectivity index (χ3n) is 5.13. The van der Waals surface area contributed by atoms with Crippen LogP contribution in [0.15, 0.2) is 55.1 Å². The highest BCUT2D eigenvalue weighted by atomic mass is 16.5. The van der Waals surface area contributed by atoms with Crippen LogP contribution in [0.25, 0.3) is 0 Å². The van der Waals surface area contributed by atoms with Gasteiger partial charge in [-0.15, -0.1) is 6.58 Å². The zero-order valence-electron chi connectivity index (χ0n) is 12.5. The number of benzene rings is 1. The summed E-state index contributed by atoms with van der Waals surface area (Å²) in [5.74, 6) is -2.66. The van der Waals surface area contributed by atoms with Crippen molar-refractivity contribution in [2.24, 2.45) is 11.8 Å². The largest absolute Gasteiger partial charge is 0.481 e. The number of carboxylic acids is 1. The number of carbonyl (C=O) groups is 2. The van der Waals surface area contributed by atoms with Gasteiger partial charge in [-0.25, -0.2) is 0 Å². The number of rotatable bonds is 4. The van der Waals surface area contributed by atoms with Gasteiger partial charge >= 0.3 is 5.97 Å². The molecule has 1 N–H and O–H groups in total. The normalized spacial score (nSPS) is 37.2. The smallest absolute Gasteiger partial charge is 0.310 e. The molecule has 3 aliphatic rings. The van der Waals surface area contributed by atoms with Crippen molar-refractivity contribution >= 4 is 17.6 Å². The van der Waals surface area contributed by atoms with Crippen molar-refractivity contribution in [3.63, 3.8) is 0 Å². The first-order chi connectivity index (χ1) is 11.1. The first-order valence-electron chi connectivity index (χ1n) is 7.69. The van der Waals surface area contributed by atoms with Gasteiger partial charge in [0.2, 0.25) is 5.91 Å². The van der Waals surface area contributed by atoms with E-state index in [0.717, 1.165) is 5.69 Å². The van der Waals surface area contributed by atoms with Crippen molar-refractivity contribution in [1.82, 2.24) is 0 Å². The number of hydrogen-bond acceptors (Lipinski definition) is 3. The third-order valence-corrected chi connectivity index (χ3v) is 5.13. The Morgan fingerprint density at radius 1 is 1.39 bits per heavy atom. The number of nitrogens with zero attached hydrogens (tertiary/aromatic N) is 1. The molecule has 3 heterocycles. The van der Waals surface area contributed by atoms with Crippen molar-refractivity contribution in [3.05, 3.63) is 55.1 Å². The Hall–Kier alpha value is -2.40. The molecule has 2 unspecified atom stereocenters. The molecule has 5 heteroatoms. The molecule has 0 aliphatic carbocycles. The van der Waals surface area contributed by atoms with E-state index in [9.17, 15) is 14.7 Å². The van der Waals surface area contributed by atoms with Gasteiger partial charge in [-0.05, 0) is 18.6 Å². The molecule has 23 heavy (non-hydrogen) atoms. The van der Waals surface area contributed by atoms with Gasteiger partial charge in [0.25, 0.3) is 0 Å². The van der Waals surface area contributed by atoms with E-state index in [1.165, 1.54) is 0 Å². The maximum atomic E-state index is 13.1. The van der Waals surface area contributed by atoms with E-state index in [4.69, 9.17) is 4.74 Å². The predicted octanol–water partition coefficient (Wildman–Crippen LogP) is 2.00. The number of fused-ring (bicyclic) bond motifs is 1. The van der Waals surface area contributed by atoms with Crippen LogP contribution < -0.4 is 4.90 Å². The van der Waals surface area contributed by atoms with Crippen molar-refractivity contribution < 1.29 is 19.4 Å². The molecule has 2 fully saturated rings. The Morgan fingerprint density at radius 3 is 2.78 bits per heavy atom. The summed E-state index contributed by atoms with van der Waals surface area (Å²) in [6, 6.07) is 9.05. The highest BCUT2D eigenvalue weighted by Gasteiger charge is 2.71. The standard InChI is InChI=1S/C18H17NO4/c1-2-6-13-18-10-9-12(23-18)14(17(21)22)15(18)16(20)19(13)11-7-4-3-5-8-11/h2-5,7-10,12-15H,1,6H2,(H,21,22)/t12-,13?,14?,15+,18-/m1/s1. The summed E-state index contributed by atoms with van der Waals surface area (Å²) in [7, 11) is 0. The summed E-state index contributed by atoms with van der Waals surface area (Å²) in [6.45, 7) is 3.79. The van der Waals surface area contributed by atoms with Gasteiger partial charge in [0.1, 0.15) is 11.5 Å². The zero-order chi connectivity index (χ0) is 16.2. The van der Waals surface area contributed by atoms with Crippen LogP contribution in [0.1, 0.15) is 6.42 Å². The number of aliphatic carboxylic acids is 1. The molecular formula is C18H17NO4. The Bertz CT molecular complexity index is 713. The Morgan fingerprint density at radius 2 is 2.13 bits per heavy atom. The van der Waals surface area contributed by atoms with Gasteiger partial charge in [0.05, 0.1) is 18.1 Å². The second kappa shape index (κ2) is 4.80. The molecule has 1 spiro atoms. The number of carbonyl (C=O) groups excluding carboxylic acids is 1. The summed E-state index contributed by atoms with van der Waals surface area (Å²) in [6.07, 6.45) is 5.44. The van der Waals surface area contributed by atoms with E-state index < -0.39 is 29.5 Å². The minimum atomic E-state index is -0.980. The van der Waals surface area contributed by atoms with Crippen LogP contribution in [0.5, 0.6) is 0 Å². The molecule has 2 saturated heterocycles. The molecule has 1 aromatic rings. The number of hydrogen-bond donors (Lipinski definition) is 1. The molecule has 3 aliphatic heterocycles. The minimum Gasteiger partial charge on any atom is -0.481 e. The molecule has 0 aromatic heterocycles. The highest BCUT2D eigenvalue weighted by molar-refractivity contribution is 6.03. The van der Waals surface area contributed by atoms with Gasteiger partial charge < -0.3 is 14.7 Å². The molecule has 2 bridgehead atoms. The maximum absolute atomic E-state index is 13.1. The summed E-state index contributed by atoms with van der Waals surface area (Å²) < 4.78 is 6.04. The molecular weight excluding hydrogens is 294 g/mol. The number of anilines is 1. The van der Waals surface area contributed by atoms with Gasteiger partial charge in [0, 0.05) is 5.69 Å². The summed E-state index contributed by atoms with van der Waals surface area (Å²) in [5.41, 5.74) is -0.104. The number of amides is 1. The fourth-order valence-corrected chi connectivity index (χ4v) is 4.27. The van der Waals surface area contributed by atoms with E-state index in [0.29, 0.717) is 6.42 Å². The van der Waals surface area contributed by atoms with Gasteiger partial charge in [0.15, 0.2) is 0 Å². The van der Waals surface area contributed by atoms with Crippen LogP contribution in [0.2, 0.25) is 0 Å². The predicted molar refractivity (Wildman–Crippen MR) is 83.9 cm³/mol. The lowest BCUT2D eigenvalue weighted by molar-refractivity contribution is -0.146. The topological polar surface area (TPSA) is 66.8 Å². The minimum absolute atomic E-state index is 0.178. The summed E-state index contributed by atoms with van der Waals surface area (Å²) >= 11 is 0. The molecule has 0 saturated carbocycles. The Labute approximate surface area is 133 Å². The Kier molecular flexibility index (Phi) is 2.96. The average molecular weight is 311 g/mol. The number of para-hydroxylation sites is 1. The van der Waals surface area contributed by atoms with Crippen molar-refractivity contribution in [2.45, 2.75) is 24.2 Å². The van der Waals surface area contributed by atoms with E-state index in [1.54, 1.807) is 17.1 Å². The molecule has 5 atom stereocenters. The SMILES string of the molecule is C=CCC1N(c2ccccc2)C(=O)[C@@H]2C(C(=O)O)[C@H]3C=C[C@@]12O3. The van der Waals surface area contributed by atoms with Crippen LogP contribution in [-0.4, -0.2) is 34.7 Å². The van der Waals surface area contributed by atoms with E-state index in [-0.39, 0.29) is 11.9 Å². The van der Waals surface area contributed by atoms with Gasteiger partial charge in [-0.3, -0.25) is 9.59 Å². The maximum Gasteiger partial charge on any atom is 0.310 e. The highest BCUT2D eigenvalue weighted by Crippen LogP contribution is 2.56. The Balaban J connectivity index is 1.85. The van der Waals surface area contributed by atoms with E-state index in [2.05, 4.69) is 6.58 Å². The van der Waals surface area contributed by atoms with Crippen LogP contribution in [0, 0.1) is 11.8 Å². The van der Waals surface area contributed by atoms with Crippen molar-refractivity contribution in [3.8, 4) is 0 Å². The number of carboxylic acid groups (broad SMARTS) is 1. The summed E-state index contributed by atoms with van der Waals surface area (Å²) in [5, 5.41) is 9.57. The molecule has 1 aromatic carbocycles. The van der Waals surface area contributed by atoms with Crippen LogP contribution in [-0.2, 0) is 14.3 Å².